The molecule has 2 aromatic rings. The van der Waals surface area contributed by atoms with Gasteiger partial charge in [-0.3, -0.25) is 9.59 Å². The average molecular weight is 406 g/mol. The number of nitrogens with zero attached hydrogens (tertiary/aromatic N) is 2. The Hall–Kier alpha value is -2.91. The highest BCUT2D eigenvalue weighted by molar-refractivity contribution is 7.89. The third-order valence-electron chi connectivity index (χ3n) is 4.28. The highest BCUT2D eigenvalue weighted by Gasteiger charge is 2.46. The standard InChI is InChI=1S/C19H16F2N2O4S/c1-2-11-22(28(26,27)16-9-5-14(21)6-10-16)17-12-18(24)23(19(17)25)15-7-3-13(20)4-8-15/h2-10,17H,1,11-12H2. The number of imide groups is 1. The molecule has 2 aromatic carbocycles. The molecule has 1 saturated heterocycles. The summed E-state index contributed by atoms with van der Waals surface area (Å²) in [5, 5.41) is 0. The van der Waals surface area contributed by atoms with Crippen LogP contribution in [0.1, 0.15) is 6.42 Å². The van der Waals surface area contributed by atoms with Crippen molar-refractivity contribution in [2.24, 2.45) is 0 Å². The van der Waals surface area contributed by atoms with E-state index in [1.807, 2.05) is 0 Å². The molecule has 3 rings (SSSR count). The molecule has 0 N–H and O–H groups in total. The van der Waals surface area contributed by atoms with Gasteiger partial charge in [-0.2, -0.15) is 4.31 Å². The molecule has 0 radical (unpaired) electrons. The third kappa shape index (κ3) is 3.58. The Morgan fingerprint density at radius 2 is 1.57 bits per heavy atom. The zero-order chi connectivity index (χ0) is 20.5. The number of hydrogen-bond acceptors (Lipinski definition) is 4. The van der Waals surface area contributed by atoms with Gasteiger partial charge in [0.1, 0.15) is 17.7 Å². The summed E-state index contributed by atoms with van der Waals surface area (Å²) in [5.74, 6) is -2.50. The van der Waals surface area contributed by atoms with Gasteiger partial charge in [-0.1, -0.05) is 6.08 Å². The van der Waals surface area contributed by atoms with Crippen LogP contribution in [0.25, 0.3) is 0 Å². The first-order valence-corrected chi connectivity index (χ1v) is 9.70. The smallest absolute Gasteiger partial charge is 0.252 e. The highest BCUT2D eigenvalue weighted by atomic mass is 32.2. The monoisotopic (exact) mass is 406 g/mol. The molecule has 0 bridgehead atoms. The molecule has 28 heavy (non-hydrogen) atoms. The number of rotatable bonds is 6. The van der Waals surface area contributed by atoms with Crippen LogP contribution in [-0.4, -0.2) is 37.1 Å². The summed E-state index contributed by atoms with van der Waals surface area (Å²) in [6, 6.07) is 7.58. The Bertz CT molecular complexity index is 1020. The average Bonchev–Trinajstić information content (AvgIpc) is 2.95. The molecule has 1 atom stereocenters. The lowest BCUT2D eigenvalue weighted by Crippen LogP contribution is -2.45. The van der Waals surface area contributed by atoms with Gasteiger partial charge in [-0.05, 0) is 48.5 Å². The number of amides is 2. The van der Waals surface area contributed by atoms with E-state index < -0.39 is 39.5 Å². The Balaban J connectivity index is 1.97. The van der Waals surface area contributed by atoms with E-state index in [0.29, 0.717) is 0 Å². The zero-order valence-corrected chi connectivity index (χ0v) is 15.4. The second-order valence-electron chi connectivity index (χ2n) is 6.08. The van der Waals surface area contributed by atoms with Crippen LogP contribution in [-0.2, 0) is 19.6 Å². The van der Waals surface area contributed by atoms with Crippen LogP contribution in [0.15, 0.2) is 66.1 Å². The quantitative estimate of drug-likeness (QED) is 0.546. The van der Waals surface area contributed by atoms with Crippen molar-refractivity contribution in [2.75, 3.05) is 11.4 Å². The molecule has 1 unspecified atom stereocenters. The number of carbonyl (C=O) groups excluding carboxylic acids is 2. The van der Waals surface area contributed by atoms with E-state index in [1.54, 1.807) is 0 Å². The molecule has 0 aliphatic carbocycles. The second kappa shape index (κ2) is 7.61. The van der Waals surface area contributed by atoms with Crippen molar-refractivity contribution in [1.82, 2.24) is 4.31 Å². The van der Waals surface area contributed by atoms with Gasteiger partial charge in [-0.25, -0.2) is 22.1 Å². The summed E-state index contributed by atoms with van der Waals surface area (Å²) in [4.78, 5) is 25.9. The van der Waals surface area contributed by atoms with E-state index >= 15 is 0 Å². The molecule has 0 saturated carbocycles. The van der Waals surface area contributed by atoms with Crippen molar-refractivity contribution in [3.05, 3.63) is 72.8 Å². The van der Waals surface area contributed by atoms with Gasteiger partial charge in [0.25, 0.3) is 5.91 Å². The van der Waals surface area contributed by atoms with E-state index in [4.69, 9.17) is 0 Å². The Morgan fingerprint density at radius 1 is 1.04 bits per heavy atom. The maximum Gasteiger partial charge on any atom is 0.252 e. The van der Waals surface area contributed by atoms with Crippen LogP contribution < -0.4 is 4.90 Å². The van der Waals surface area contributed by atoms with Crippen molar-refractivity contribution in [2.45, 2.75) is 17.4 Å². The lowest BCUT2D eigenvalue weighted by Gasteiger charge is -2.25. The van der Waals surface area contributed by atoms with Crippen LogP contribution in [0.4, 0.5) is 14.5 Å². The molecule has 146 valence electrons. The molecule has 2 amide bonds. The van der Waals surface area contributed by atoms with E-state index in [1.165, 1.54) is 18.2 Å². The van der Waals surface area contributed by atoms with Gasteiger partial charge in [0, 0.05) is 6.54 Å². The largest absolute Gasteiger partial charge is 0.274 e. The molecular weight excluding hydrogens is 390 g/mol. The van der Waals surface area contributed by atoms with E-state index in [2.05, 4.69) is 6.58 Å². The molecule has 1 fully saturated rings. The minimum Gasteiger partial charge on any atom is -0.274 e. The summed E-state index contributed by atoms with van der Waals surface area (Å²) in [6.07, 6.45) is 0.920. The zero-order valence-electron chi connectivity index (χ0n) is 14.6. The fourth-order valence-electron chi connectivity index (χ4n) is 2.96. The predicted octanol–water partition coefficient (Wildman–Crippen LogP) is 2.47. The molecule has 6 nitrogen and oxygen atoms in total. The van der Waals surface area contributed by atoms with Crippen molar-refractivity contribution in [3.8, 4) is 0 Å². The molecule has 0 aromatic heterocycles. The van der Waals surface area contributed by atoms with Gasteiger partial charge in [0.15, 0.2) is 0 Å². The number of hydrogen-bond donors (Lipinski definition) is 0. The number of sulfonamides is 1. The topological polar surface area (TPSA) is 74.8 Å². The van der Waals surface area contributed by atoms with Crippen molar-refractivity contribution < 1.29 is 26.8 Å². The highest BCUT2D eigenvalue weighted by Crippen LogP contribution is 2.29. The Labute approximate surface area is 160 Å². The minimum atomic E-state index is -4.20. The first-order valence-electron chi connectivity index (χ1n) is 8.26. The molecule has 1 aliphatic rings. The molecule has 9 heteroatoms. The van der Waals surface area contributed by atoms with E-state index in [9.17, 15) is 26.8 Å². The van der Waals surface area contributed by atoms with Crippen molar-refractivity contribution in [1.29, 1.82) is 0 Å². The summed E-state index contributed by atoms with van der Waals surface area (Å²) < 4.78 is 53.1. The number of benzene rings is 2. The summed E-state index contributed by atoms with van der Waals surface area (Å²) in [7, 11) is -4.20. The van der Waals surface area contributed by atoms with Crippen LogP contribution in [0.2, 0.25) is 0 Å². The van der Waals surface area contributed by atoms with Crippen molar-refractivity contribution >= 4 is 27.5 Å². The number of carbonyl (C=O) groups is 2. The van der Waals surface area contributed by atoms with Gasteiger partial charge >= 0.3 is 0 Å². The lowest BCUT2D eigenvalue weighted by molar-refractivity contribution is -0.122. The second-order valence-corrected chi connectivity index (χ2v) is 7.97. The maximum atomic E-state index is 13.1. The summed E-state index contributed by atoms with van der Waals surface area (Å²) in [5.41, 5.74) is 0.150. The Kier molecular flexibility index (Phi) is 5.39. The number of anilines is 1. The molecule has 1 aliphatic heterocycles. The fourth-order valence-corrected chi connectivity index (χ4v) is 4.52. The third-order valence-corrected chi connectivity index (χ3v) is 6.17. The van der Waals surface area contributed by atoms with E-state index in [-0.39, 0.29) is 23.5 Å². The van der Waals surface area contributed by atoms with Gasteiger partial charge < -0.3 is 0 Å². The predicted molar refractivity (Wildman–Crippen MR) is 97.8 cm³/mol. The van der Waals surface area contributed by atoms with Crippen LogP contribution >= 0.6 is 0 Å². The normalized spacial score (nSPS) is 17.4. The van der Waals surface area contributed by atoms with E-state index in [0.717, 1.165) is 45.6 Å². The van der Waals surface area contributed by atoms with Crippen LogP contribution in [0, 0.1) is 11.6 Å². The van der Waals surface area contributed by atoms with Crippen LogP contribution in [0.3, 0.4) is 0 Å². The molecule has 1 heterocycles. The summed E-state index contributed by atoms with van der Waals surface area (Å²) >= 11 is 0. The SMILES string of the molecule is C=CCN(C1CC(=O)N(c2ccc(F)cc2)C1=O)S(=O)(=O)c1ccc(F)cc1. The van der Waals surface area contributed by atoms with Crippen LogP contribution in [0.5, 0.6) is 0 Å². The minimum absolute atomic E-state index is 0.150. The fraction of sp³-hybridized carbons (Fsp3) is 0.158. The molecular formula is C19H16F2N2O4S. The van der Waals surface area contributed by atoms with Crippen molar-refractivity contribution in [3.63, 3.8) is 0 Å². The van der Waals surface area contributed by atoms with Gasteiger partial charge in [0.05, 0.1) is 17.0 Å². The maximum absolute atomic E-state index is 13.1. The molecule has 0 spiro atoms. The first-order chi connectivity index (χ1) is 13.3. The number of halogens is 2. The summed E-state index contributed by atoms with van der Waals surface area (Å²) in [6.45, 7) is 3.28. The van der Waals surface area contributed by atoms with Gasteiger partial charge in [-0.15, -0.1) is 6.58 Å². The first kappa shape index (κ1) is 19.8. The van der Waals surface area contributed by atoms with Gasteiger partial charge in [0.2, 0.25) is 15.9 Å². The lowest BCUT2D eigenvalue weighted by atomic mass is 10.2. The Morgan fingerprint density at radius 3 is 2.11 bits per heavy atom.